The second-order valence-corrected chi connectivity index (χ2v) is 11.1. The van der Waals surface area contributed by atoms with Crippen molar-refractivity contribution < 1.29 is 0 Å². The van der Waals surface area contributed by atoms with Gasteiger partial charge in [-0.2, -0.15) is 0 Å². The molecule has 0 spiro atoms. The zero-order valence-corrected chi connectivity index (χ0v) is 23.3. The Kier molecular flexibility index (Phi) is 8.24. The number of piperazine rings is 1. The van der Waals surface area contributed by atoms with Gasteiger partial charge in [0.15, 0.2) is 5.65 Å². The average molecular weight is 504 g/mol. The van der Waals surface area contributed by atoms with Crippen LogP contribution < -0.4 is 5.32 Å². The molecule has 4 heterocycles. The van der Waals surface area contributed by atoms with E-state index in [1.807, 2.05) is 0 Å². The molecule has 0 bridgehead atoms. The van der Waals surface area contributed by atoms with Gasteiger partial charge in [0, 0.05) is 64.1 Å². The van der Waals surface area contributed by atoms with E-state index in [2.05, 4.69) is 95.1 Å². The number of pyridine rings is 1. The van der Waals surface area contributed by atoms with E-state index in [4.69, 9.17) is 9.97 Å². The van der Waals surface area contributed by atoms with Crippen molar-refractivity contribution >= 4 is 11.2 Å². The van der Waals surface area contributed by atoms with Crippen LogP contribution in [0.2, 0.25) is 0 Å². The Balaban J connectivity index is 1.34. The maximum absolute atomic E-state index is 5.23. The van der Waals surface area contributed by atoms with E-state index in [-0.39, 0.29) is 5.54 Å². The standard InChI is InChI=1S/C30H45N7/c1-5-10-27(36-19-15-31-16-20-36)29-33-26-21-24(22-32-28(26)37(29)6-2)23-35-17-13-30(14-18-35,34(3)4)25-11-8-7-9-12-25/h7-9,11-12,21-22,27,31H,5-6,10,13-20,23H2,1-4H3. The molecule has 200 valence electrons. The first-order chi connectivity index (χ1) is 18.1. The van der Waals surface area contributed by atoms with Crippen molar-refractivity contribution in [2.45, 2.75) is 64.2 Å². The van der Waals surface area contributed by atoms with Gasteiger partial charge in [0.05, 0.1) is 6.04 Å². The number of benzene rings is 1. The SMILES string of the molecule is CCCC(c1nc2cc(CN3CCC(c4ccccc4)(N(C)C)CC3)cnc2n1CC)N1CCNCC1. The van der Waals surface area contributed by atoms with Crippen LogP contribution in [0.4, 0.5) is 0 Å². The number of aryl methyl sites for hydroxylation is 1. The number of rotatable bonds is 9. The summed E-state index contributed by atoms with van der Waals surface area (Å²) in [6.45, 7) is 12.8. The summed E-state index contributed by atoms with van der Waals surface area (Å²) in [7, 11) is 4.46. The number of nitrogens with zero attached hydrogens (tertiary/aromatic N) is 6. The van der Waals surface area contributed by atoms with Crippen molar-refractivity contribution in [3.8, 4) is 0 Å². The minimum Gasteiger partial charge on any atom is -0.314 e. The average Bonchev–Trinajstić information content (AvgIpc) is 3.30. The first-order valence-electron chi connectivity index (χ1n) is 14.3. The van der Waals surface area contributed by atoms with Crippen LogP contribution in [0.25, 0.3) is 11.2 Å². The van der Waals surface area contributed by atoms with Crippen LogP contribution in [-0.2, 0) is 18.6 Å². The van der Waals surface area contributed by atoms with Crippen LogP contribution in [-0.4, -0.2) is 82.6 Å². The molecule has 1 unspecified atom stereocenters. The second kappa shape index (κ2) is 11.6. The Hall–Kier alpha value is -2.32. The van der Waals surface area contributed by atoms with E-state index in [1.165, 1.54) is 17.0 Å². The normalized spacial score (nSPS) is 20.0. The molecule has 2 saturated heterocycles. The van der Waals surface area contributed by atoms with Gasteiger partial charge in [-0.3, -0.25) is 14.7 Å². The zero-order chi connectivity index (χ0) is 25.8. The number of fused-ring (bicyclic) bond motifs is 1. The van der Waals surface area contributed by atoms with Crippen LogP contribution in [0.15, 0.2) is 42.6 Å². The van der Waals surface area contributed by atoms with Crippen molar-refractivity contribution in [2.75, 3.05) is 53.4 Å². The summed E-state index contributed by atoms with van der Waals surface area (Å²) >= 11 is 0. The Labute approximate surface area is 222 Å². The lowest BCUT2D eigenvalue weighted by Gasteiger charge is -2.46. The van der Waals surface area contributed by atoms with Crippen molar-refractivity contribution in [3.63, 3.8) is 0 Å². The summed E-state index contributed by atoms with van der Waals surface area (Å²) in [5.74, 6) is 1.20. The Morgan fingerprint density at radius 3 is 2.41 bits per heavy atom. The summed E-state index contributed by atoms with van der Waals surface area (Å²) in [4.78, 5) is 17.8. The lowest BCUT2D eigenvalue weighted by molar-refractivity contribution is 0.0507. The highest BCUT2D eigenvalue weighted by Crippen LogP contribution is 2.37. The summed E-state index contributed by atoms with van der Waals surface area (Å²) < 4.78 is 2.35. The van der Waals surface area contributed by atoms with Gasteiger partial charge in [0.2, 0.25) is 0 Å². The second-order valence-electron chi connectivity index (χ2n) is 11.1. The Morgan fingerprint density at radius 1 is 1.03 bits per heavy atom. The van der Waals surface area contributed by atoms with Crippen LogP contribution in [0.1, 0.15) is 62.5 Å². The summed E-state index contributed by atoms with van der Waals surface area (Å²) in [6, 6.07) is 13.7. The highest BCUT2D eigenvalue weighted by molar-refractivity contribution is 5.72. The first-order valence-corrected chi connectivity index (χ1v) is 14.3. The van der Waals surface area contributed by atoms with Crippen LogP contribution in [0.5, 0.6) is 0 Å². The number of hydrogen-bond donors (Lipinski definition) is 1. The van der Waals surface area contributed by atoms with Crippen LogP contribution in [0.3, 0.4) is 0 Å². The van der Waals surface area contributed by atoms with Gasteiger partial charge in [-0.05, 0) is 57.5 Å². The maximum atomic E-state index is 5.23. The fourth-order valence-corrected chi connectivity index (χ4v) is 6.55. The third kappa shape index (κ3) is 5.32. The van der Waals surface area contributed by atoms with E-state index in [0.717, 1.165) is 89.2 Å². The number of likely N-dealkylation sites (tertiary alicyclic amines) is 1. The number of hydrogen-bond acceptors (Lipinski definition) is 6. The molecule has 5 rings (SSSR count). The van der Waals surface area contributed by atoms with Crippen molar-refractivity contribution in [3.05, 3.63) is 59.5 Å². The predicted octanol–water partition coefficient (Wildman–Crippen LogP) is 4.25. The topological polar surface area (TPSA) is 52.5 Å². The predicted molar refractivity (Wildman–Crippen MR) is 152 cm³/mol. The third-order valence-electron chi connectivity index (χ3n) is 8.70. The molecule has 1 N–H and O–H groups in total. The molecule has 1 aromatic carbocycles. The molecule has 2 aromatic heterocycles. The monoisotopic (exact) mass is 503 g/mol. The first kappa shape index (κ1) is 26.3. The maximum Gasteiger partial charge on any atom is 0.160 e. The highest BCUT2D eigenvalue weighted by Gasteiger charge is 2.38. The number of imidazole rings is 1. The molecular weight excluding hydrogens is 458 g/mol. The van der Waals surface area contributed by atoms with E-state index >= 15 is 0 Å². The molecule has 1 atom stereocenters. The minimum atomic E-state index is 0.118. The molecule has 2 fully saturated rings. The largest absolute Gasteiger partial charge is 0.314 e. The van der Waals surface area contributed by atoms with E-state index in [9.17, 15) is 0 Å². The molecule has 37 heavy (non-hydrogen) atoms. The minimum absolute atomic E-state index is 0.118. The zero-order valence-electron chi connectivity index (χ0n) is 23.3. The van der Waals surface area contributed by atoms with Crippen molar-refractivity contribution in [1.82, 2.24) is 34.6 Å². The van der Waals surface area contributed by atoms with Gasteiger partial charge in [0.25, 0.3) is 0 Å². The molecule has 0 aliphatic carbocycles. The molecule has 2 aliphatic heterocycles. The molecule has 0 amide bonds. The number of nitrogens with one attached hydrogen (secondary N) is 1. The van der Waals surface area contributed by atoms with Gasteiger partial charge < -0.3 is 9.88 Å². The quantitative estimate of drug-likeness (QED) is 0.471. The third-order valence-corrected chi connectivity index (χ3v) is 8.70. The molecule has 2 aliphatic rings. The molecule has 0 radical (unpaired) electrons. The van der Waals surface area contributed by atoms with Gasteiger partial charge in [-0.25, -0.2) is 9.97 Å². The van der Waals surface area contributed by atoms with Gasteiger partial charge in [-0.1, -0.05) is 43.7 Å². The highest BCUT2D eigenvalue weighted by atomic mass is 15.3. The summed E-state index contributed by atoms with van der Waals surface area (Å²) in [5, 5.41) is 3.50. The van der Waals surface area contributed by atoms with Crippen LogP contribution in [0, 0.1) is 0 Å². The van der Waals surface area contributed by atoms with E-state index < -0.39 is 0 Å². The Bertz CT molecular complexity index is 1140. The molecule has 0 saturated carbocycles. The molecule has 7 nitrogen and oxygen atoms in total. The lowest BCUT2D eigenvalue weighted by Crippen LogP contribution is -2.50. The van der Waals surface area contributed by atoms with E-state index in [0.29, 0.717) is 6.04 Å². The van der Waals surface area contributed by atoms with Gasteiger partial charge in [0.1, 0.15) is 11.3 Å². The molecule has 7 heteroatoms. The smallest absolute Gasteiger partial charge is 0.160 e. The van der Waals surface area contributed by atoms with Crippen LogP contribution >= 0.6 is 0 Å². The summed E-state index contributed by atoms with van der Waals surface area (Å²) in [5.41, 5.74) is 4.91. The van der Waals surface area contributed by atoms with Crippen molar-refractivity contribution in [2.24, 2.45) is 0 Å². The molecular formula is C30H45N7. The van der Waals surface area contributed by atoms with E-state index in [1.54, 1.807) is 0 Å². The van der Waals surface area contributed by atoms with Gasteiger partial charge in [-0.15, -0.1) is 0 Å². The Morgan fingerprint density at radius 2 is 1.76 bits per heavy atom. The lowest BCUT2D eigenvalue weighted by atomic mass is 9.79. The number of piperidine rings is 1. The fourth-order valence-electron chi connectivity index (χ4n) is 6.55. The molecule has 3 aromatic rings. The van der Waals surface area contributed by atoms with Gasteiger partial charge >= 0.3 is 0 Å². The van der Waals surface area contributed by atoms with Crippen molar-refractivity contribution in [1.29, 1.82) is 0 Å². The fraction of sp³-hybridized carbons (Fsp3) is 0.600. The number of aromatic nitrogens is 3. The summed E-state index contributed by atoms with van der Waals surface area (Å²) in [6.07, 6.45) is 6.66.